The van der Waals surface area contributed by atoms with Gasteiger partial charge in [-0.3, -0.25) is 4.90 Å². The standard InChI is InChI=1S/C24H25N7O3/c1-14-17(4-5-18-20(14)13-34-24(18)32)21-12-30(7-6-26-21)11-16-10-27-31(29-16)23-8-22(33-3)19(9-25)15(2)28-23/h4-5,8,10,21,26H,6-7,11-13H2,1-3H3. The molecule has 0 saturated carbocycles. The molecule has 10 nitrogen and oxygen atoms in total. The molecule has 1 aromatic carbocycles. The van der Waals surface area contributed by atoms with E-state index in [0.717, 1.165) is 36.5 Å². The lowest BCUT2D eigenvalue weighted by atomic mass is 9.93. The molecule has 1 saturated heterocycles. The van der Waals surface area contributed by atoms with Gasteiger partial charge in [0.15, 0.2) is 5.82 Å². The summed E-state index contributed by atoms with van der Waals surface area (Å²) >= 11 is 0. The van der Waals surface area contributed by atoms with Crippen molar-refractivity contribution in [2.45, 2.75) is 33.0 Å². The lowest BCUT2D eigenvalue weighted by Crippen LogP contribution is -2.45. The zero-order valence-corrected chi connectivity index (χ0v) is 19.3. The number of methoxy groups -OCH3 is 1. The van der Waals surface area contributed by atoms with E-state index >= 15 is 0 Å². The molecule has 2 aliphatic heterocycles. The fourth-order valence-electron chi connectivity index (χ4n) is 4.64. The van der Waals surface area contributed by atoms with Gasteiger partial charge in [-0.05, 0) is 31.0 Å². The van der Waals surface area contributed by atoms with E-state index < -0.39 is 0 Å². The summed E-state index contributed by atoms with van der Waals surface area (Å²) in [6.45, 7) is 7.36. The topological polar surface area (TPSA) is 118 Å². The zero-order valence-electron chi connectivity index (χ0n) is 19.3. The van der Waals surface area contributed by atoms with Crippen LogP contribution in [0.3, 0.4) is 0 Å². The number of aromatic nitrogens is 4. The molecular weight excluding hydrogens is 434 g/mol. The molecule has 1 unspecified atom stereocenters. The number of rotatable bonds is 5. The van der Waals surface area contributed by atoms with Crippen molar-refractivity contribution in [3.63, 3.8) is 0 Å². The predicted octanol–water partition coefficient (Wildman–Crippen LogP) is 1.98. The highest BCUT2D eigenvalue weighted by Gasteiger charge is 2.28. The van der Waals surface area contributed by atoms with Crippen molar-refractivity contribution < 1.29 is 14.3 Å². The van der Waals surface area contributed by atoms with Crippen molar-refractivity contribution in [2.75, 3.05) is 26.7 Å². The van der Waals surface area contributed by atoms with Crippen molar-refractivity contribution in [1.29, 1.82) is 5.26 Å². The minimum atomic E-state index is -0.240. The molecule has 0 radical (unpaired) electrons. The summed E-state index contributed by atoms with van der Waals surface area (Å²) in [5.74, 6) is 0.712. The Hall–Kier alpha value is -3.81. The van der Waals surface area contributed by atoms with Gasteiger partial charge in [-0.2, -0.15) is 15.5 Å². The number of nitrogens with one attached hydrogen (secondary N) is 1. The van der Waals surface area contributed by atoms with Crippen LogP contribution < -0.4 is 10.1 Å². The summed E-state index contributed by atoms with van der Waals surface area (Å²) in [5.41, 5.74) is 5.77. The third-order valence-electron chi connectivity index (χ3n) is 6.46. The number of aryl methyl sites for hydroxylation is 1. The molecule has 2 aliphatic rings. The van der Waals surface area contributed by atoms with Crippen LogP contribution in [0.5, 0.6) is 5.75 Å². The Labute approximate surface area is 197 Å². The first kappa shape index (κ1) is 22.0. The van der Waals surface area contributed by atoms with Crippen LogP contribution in [-0.2, 0) is 17.9 Å². The first-order chi connectivity index (χ1) is 16.5. The number of carbonyl (C=O) groups excluding carboxylic acids is 1. The van der Waals surface area contributed by atoms with E-state index in [-0.39, 0.29) is 12.0 Å². The minimum absolute atomic E-state index is 0.150. The maximum atomic E-state index is 11.9. The smallest absolute Gasteiger partial charge is 0.338 e. The molecular formula is C24H25N7O3. The van der Waals surface area contributed by atoms with Gasteiger partial charge in [0, 0.05) is 43.9 Å². The monoisotopic (exact) mass is 459 g/mol. The summed E-state index contributed by atoms with van der Waals surface area (Å²) in [6.07, 6.45) is 1.74. The maximum absolute atomic E-state index is 11.9. The third-order valence-corrected chi connectivity index (χ3v) is 6.46. The molecule has 34 heavy (non-hydrogen) atoms. The summed E-state index contributed by atoms with van der Waals surface area (Å²) in [5, 5.41) is 21.9. The zero-order chi connectivity index (χ0) is 23.8. The second-order valence-corrected chi connectivity index (χ2v) is 8.50. The van der Waals surface area contributed by atoms with E-state index in [2.05, 4.69) is 38.4 Å². The molecule has 5 rings (SSSR count). The Morgan fingerprint density at radius 2 is 2.21 bits per heavy atom. The summed E-state index contributed by atoms with van der Waals surface area (Å²) in [4.78, 5) is 20.1. The number of nitriles is 1. The van der Waals surface area contributed by atoms with Gasteiger partial charge >= 0.3 is 5.97 Å². The molecule has 0 amide bonds. The Bertz CT molecular complexity index is 1310. The van der Waals surface area contributed by atoms with Crippen LogP contribution in [-0.4, -0.2) is 57.6 Å². The Balaban J connectivity index is 1.32. The number of carbonyl (C=O) groups is 1. The maximum Gasteiger partial charge on any atom is 0.338 e. The number of pyridine rings is 1. The lowest BCUT2D eigenvalue weighted by Gasteiger charge is -2.34. The van der Waals surface area contributed by atoms with E-state index in [9.17, 15) is 10.1 Å². The average Bonchev–Trinajstić information content (AvgIpc) is 3.46. The molecule has 2 aromatic heterocycles. The molecule has 1 atom stereocenters. The normalized spacial score (nSPS) is 17.8. The van der Waals surface area contributed by atoms with Crippen LogP contribution in [0, 0.1) is 25.2 Å². The molecule has 0 aliphatic carbocycles. The summed E-state index contributed by atoms with van der Waals surface area (Å²) in [7, 11) is 1.52. The fourth-order valence-corrected chi connectivity index (χ4v) is 4.64. The van der Waals surface area contributed by atoms with Crippen LogP contribution in [0.25, 0.3) is 5.82 Å². The highest BCUT2D eigenvalue weighted by atomic mass is 16.5. The molecule has 1 N–H and O–H groups in total. The largest absolute Gasteiger partial charge is 0.495 e. The molecule has 0 bridgehead atoms. The summed E-state index contributed by atoms with van der Waals surface area (Å²) in [6, 6.07) is 7.84. The van der Waals surface area contributed by atoms with E-state index in [1.54, 1.807) is 19.2 Å². The van der Waals surface area contributed by atoms with E-state index in [4.69, 9.17) is 9.47 Å². The van der Waals surface area contributed by atoms with Gasteiger partial charge in [0.25, 0.3) is 0 Å². The number of hydrogen-bond donors (Lipinski definition) is 1. The lowest BCUT2D eigenvalue weighted by molar-refractivity contribution is 0.0535. The van der Waals surface area contributed by atoms with Crippen molar-refractivity contribution in [2.24, 2.45) is 0 Å². The molecule has 0 spiro atoms. The van der Waals surface area contributed by atoms with Crippen molar-refractivity contribution >= 4 is 5.97 Å². The second-order valence-electron chi connectivity index (χ2n) is 8.50. The number of hydrogen-bond acceptors (Lipinski definition) is 9. The van der Waals surface area contributed by atoms with Crippen LogP contribution in [0.4, 0.5) is 0 Å². The average molecular weight is 460 g/mol. The summed E-state index contributed by atoms with van der Waals surface area (Å²) < 4.78 is 10.5. The number of piperazine rings is 1. The number of esters is 1. The van der Waals surface area contributed by atoms with Crippen molar-refractivity contribution in [1.82, 2.24) is 30.2 Å². The van der Waals surface area contributed by atoms with Gasteiger partial charge in [-0.15, -0.1) is 4.80 Å². The Kier molecular flexibility index (Phi) is 5.73. The SMILES string of the molecule is COc1cc(-n2ncc(CN3CCNC(c4ccc5c(c4C)COC5=O)C3)n2)nc(C)c1C#N. The molecule has 4 heterocycles. The number of cyclic esters (lactones) is 1. The third kappa shape index (κ3) is 3.89. The van der Waals surface area contributed by atoms with E-state index in [0.29, 0.717) is 41.5 Å². The van der Waals surface area contributed by atoms with Crippen LogP contribution in [0.1, 0.15) is 50.0 Å². The number of benzene rings is 1. The predicted molar refractivity (Wildman–Crippen MR) is 121 cm³/mol. The van der Waals surface area contributed by atoms with Gasteiger partial charge in [0.1, 0.15) is 24.0 Å². The minimum Gasteiger partial charge on any atom is -0.495 e. The van der Waals surface area contributed by atoms with E-state index in [1.165, 1.54) is 17.5 Å². The molecule has 174 valence electrons. The highest BCUT2D eigenvalue weighted by molar-refractivity contribution is 5.94. The quantitative estimate of drug-likeness (QED) is 0.571. The first-order valence-electron chi connectivity index (χ1n) is 11.1. The van der Waals surface area contributed by atoms with Gasteiger partial charge in [0.2, 0.25) is 0 Å². The van der Waals surface area contributed by atoms with Crippen molar-refractivity contribution in [3.05, 3.63) is 63.6 Å². The first-order valence-corrected chi connectivity index (χ1v) is 11.1. The second kappa shape index (κ2) is 8.85. The van der Waals surface area contributed by atoms with Crippen LogP contribution in [0.2, 0.25) is 0 Å². The Morgan fingerprint density at radius 1 is 1.35 bits per heavy atom. The molecule has 10 heteroatoms. The van der Waals surface area contributed by atoms with Crippen LogP contribution in [0.15, 0.2) is 24.4 Å². The van der Waals surface area contributed by atoms with Gasteiger partial charge < -0.3 is 14.8 Å². The fraction of sp³-hybridized carbons (Fsp3) is 0.375. The van der Waals surface area contributed by atoms with Gasteiger partial charge in [0.05, 0.1) is 30.3 Å². The number of nitrogens with zero attached hydrogens (tertiary/aromatic N) is 6. The van der Waals surface area contributed by atoms with E-state index in [1.807, 2.05) is 12.1 Å². The van der Waals surface area contributed by atoms with Gasteiger partial charge in [-0.1, -0.05) is 6.07 Å². The highest BCUT2D eigenvalue weighted by Crippen LogP contribution is 2.30. The number of fused-ring (bicyclic) bond motifs is 1. The molecule has 1 fully saturated rings. The van der Waals surface area contributed by atoms with Gasteiger partial charge in [-0.25, -0.2) is 9.78 Å². The van der Waals surface area contributed by atoms with Crippen molar-refractivity contribution in [3.8, 4) is 17.6 Å². The Morgan fingerprint density at radius 3 is 3.00 bits per heavy atom. The van der Waals surface area contributed by atoms with Crippen LogP contribution >= 0.6 is 0 Å². The molecule has 3 aromatic rings. The number of ether oxygens (including phenoxy) is 2.